The van der Waals surface area contributed by atoms with Crippen molar-refractivity contribution in [3.63, 3.8) is 0 Å². The van der Waals surface area contributed by atoms with Gasteiger partial charge in [-0.05, 0) is 5.56 Å². The van der Waals surface area contributed by atoms with E-state index in [9.17, 15) is 30.3 Å². The second kappa shape index (κ2) is 8.93. The largest absolute Gasteiger partial charge is 0.507 e. The van der Waals surface area contributed by atoms with Crippen molar-refractivity contribution >= 4 is 5.78 Å². The minimum atomic E-state index is -1.67. The number of fused-ring (bicyclic) bond motifs is 1. The van der Waals surface area contributed by atoms with Crippen molar-refractivity contribution in [2.45, 2.75) is 43.2 Å². The highest BCUT2D eigenvalue weighted by molar-refractivity contribution is 6.03. The summed E-state index contributed by atoms with van der Waals surface area (Å²) in [5.74, 6) is -0.956. The van der Waals surface area contributed by atoms with Crippen molar-refractivity contribution < 1.29 is 49.3 Å². The monoisotopic (exact) mass is 448 g/mol. The molecular weight excluding hydrogens is 424 g/mol. The standard InChI is InChI=1S/C22H24O10/c1-29-20-14(31-22-19(28)18(27)17(26)15(9-23)32-22)8-12(25)16-11(24)7-13(30-21(16)20)10-5-3-2-4-6-10/h2-6,8,13,15,17-19,22-23,25-28H,7,9H2,1H3/t13-,15-,17-,18+,19-,22-/m1/s1. The number of ketones is 1. The van der Waals surface area contributed by atoms with Crippen LogP contribution in [0, 0.1) is 0 Å². The van der Waals surface area contributed by atoms with Crippen LogP contribution in [0.25, 0.3) is 0 Å². The van der Waals surface area contributed by atoms with E-state index in [0.29, 0.717) is 0 Å². The first-order chi connectivity index (χ1) is 15.3. The molecule has 10 heteroatoms. The highest BCUT2D eigenvalue weighted by atomic mass is 16.7. The average molecular weight is 448 g/mol. The van der Waals surface area contributed by atoms with E-state index in [0.717, 1.165) is 11.6 Å². The number of Topliss-reactive ketones (excluding diaryl/α,β-unsaturated/α-hetero) is 1. The third-order valence-electron chi connectivity index (χ3n) is 5.56. The molecule has 0 bridgehead atoms. The molecule has 0 aromatic heterocycles. The lowest BCUT2D eigenvalue weighted by Crippen LogP contribution is -2.60. The van der Waals surface area contributed by atoms with Crippen molar-refractivity contribution in [2.24, 2.45) is 0 Å². The number of carbonyl (C=O) groups excluding carboxylic acids is 1. The van der Waals surface area contributed by atoms with Crippen LogP contribution in [0.4, 0.5) is 0 Å². The summed E-state index contributed by atoms with van der Waals surface area (Å²) in [5, 5.41) is 50.1. The van der Waals surface area contributed by atoms with E-state index in [1.807, 2.05) is 30.3 Å². The molecule has 0 radical (unpaired) electrons. The van der Waals surface area contributed by atoms with Crippen molar-refractivity contribution in [1.82, 2.24) is 0 Å². The number of aromatic hydroxyl groups is 1. The fraction of sp³-hybridized carbons (Fsp3) is 0.409. The van der Waals surface area contributed by atoms with Crippen LogP contribution in [0.2, 0.25) is 0 Å². The van der Waals surface area contributed by atoms with Crippen molar-refractivity contribution in [2.75, 3.05) is 13.7 Å². The number of benzene rings is 2. The third kappa shape index (κ3) is 3.87. The van der Waals surface area contributed by atoms with Gasteiger partial charge < -0.3 is 44.5 Å². The molecular formula is C22H24O10. The first-order valence-corrected chi connectivity index (χ1v) is 10.0. The molecule has 2 heterocycles. The van der Waals surface area contributed by atoms with E-state index in [1.165, 1.54) is 7.11 Å². The Labute approximate surface area is 183 Å². The Kier molecular flexibility index (Phi) is 6.22. The Bertz CT molecular complexity index is 976. The first-order valence-electron chi connectivity index (χ1n) is 10.0. The highest BCUT2D eigenvalue weighted by Crippen LogP contribution is 2.50. The van der Waals surface area contributed by atoms with Crippen LogP contribution in [0.5, 0.6) is 23.0 Å². The fourth-order valence-electron chi connectivity index (χ4n) is 3.86. The van der Waals surface area contributed by atoms with Crippen LogP contribution in [0.3, 0.4) is 0 Å². The quantitative estimate of drug-likeness (QED) is 0.431. The van der Waals surface area contributed by atoms with Crippen molar-refractivity contribution in [3.8, 4) is 23.0 Å². The molecule has 5 N–H and O–H groups in total. The lowest BCUT2D eigenvalue weighted by Gasteiger charge is -2.39. The van der Waals surface area contributed by atoms with E-state index in [4.69, 9.17) is 18.9 Å². The topological polar surface area (TPSA) is 155 Å². The predicted molar refractivity (Wildman–Crippen MR) is 108 cm³/mol. The van der Waals surface area contributed by atoms with Crippen LogP contribution in [-0.2, 0) is 4.74 Å². The Balaban J connectivity index is 1.69. The molecule has 2 aliphatic rings. The zero-order chi connectivity index (χ0) is 23.0. The number of ether oxygens (including phenoxy) is 4. The van der Waals surface area contributed by atoms with Gasteiger partial charge in [0.25, 0.3) is 0 Å². The number of rotatable bonds is 5. The lowest BCUT2D eigenvalue weighted by atomic mass is 9.95. The Morgan fingerprint density at radius 1 is 1.09 bits per heavy atom. The van der Waals surface area contributed by atoms with Crippen molar-refractivity contribution in [1.29, 1.82) is 0 Å². The minimum Gasteiger partial charge on any atom is -0.507 e. The molecule has 4 rings (SSSR count). The number of methoxy groups -OCH3 is 1. The Hall–Kier alpha value is -2.89. The van der Waals surface area contributed by atoms with E-state index in [1.54, 1.807) is 0 Å². The summed E-state index contributed by atoms with van der Waals surface area (Å²) >= 11 is 0. The zero-order valence-electron chi connectivity index (χ0n) is 17.1. The van der Waals surface area contributed by atoms with Gasteiger partial charge in [-0.25, -0.2) is 0 Å². The maximum absolute atomic E-state index is 12.8. The highest BCUT2D eigenvalue weighted by Gasteiger charge is 2.45. The molecule has 2 aromatic rings. The van der Waals surface area contributed by atoms with Crippen molar-refractivity contribution in [3.05, 3.63) is 47.5 Å². The third-order valence-corrected chi connectivity index (χ3v) is 5.56. The molecule has 0 unspecified atom stereocenters. The van der Waals surface area contributed by atoms with Gasteiger partial charge in [-0.1, -0.05) is 30.3 Å². The van der Waals surface area contributed by atoms with Gasteiger partial charge in [-0.2, -0.15) is 0 Å². The number of carbonyl (C=O) groups is 1. The van der Waals surface area contributed by atoms with Crippen LogP contribution in [0.1, 0.15) is 28.4 Å². The Morgan fingerprint density at radius 2 is 1.81 bits per heavy atom. The molecule has 0 aliphatic carbocycles. The summed E-state index contributed by atoms with van der Waals surface area (Å²) in [7, 11) is 1.31. The van der Waals surface area contributed by atoms with E-state index < -0.39 is 49.2 Å². The van der Waals surface area contributed by atoms with Gasteiger partial charge in [-0.15, -0.1) is 0 Å². The van der Waals surface area contributed by atoms with Crippen LogP contribution < -0.4 is 14.2 Å². The summed E-state index contributed by atoms with van der Waals surface area (Å²) in [6, 6.07) is 10.2. The molecule has 0 saturated carbocycles. The number of hydrogen-bond acceptors (Lipinski definition) is 10. The predicted octanol–water partition coefficient (Wildman–Crippen LogP) is 0.286. The molecule has 2 aliphatic heterocycles. The normalized spacial score (nSPS) is 29.7. The van der Waals surface area contributed by atoms with Gasteiger partial charge in [0.05, 0.1) is 20.1 Å². The summed E-state index contributed by atoms with van der Waals surface area (Å²) in [4.78, 5) is 12.8. The maximum Gasteiger partial charge on any atom is 0.229 e. The molecule has 172 valence electrons. The van der Waals surface area contributed by atoms with E-state index >= 15 is 0 Å². The molecule has 1 saturated heterocycles. The molecule has 1 fully saturated rings. The number of aliphatic hydroxyl groups is 4. The van der Waals surface area contributed by atoms with Crippen LogP contribution >= 0.6 is 0 Å². The van der Waals surface area contributed by atoms with E-state index in [-0.39, 0.29) is 35.0 Å². The van der Waals surface area contributed by atoms with Gasteiger partial charge in [0, 0.05) is 6.07 Å². The second-order valence-corrected chi connectivity index (χ2v) is 7.59. The summed E-state index contributed by atoms with van der Waals surface area (Å²) < 4.78 is 22.4. The second-order valence-electron chi connectivity index (χ2n) is 7.59. The molecule has 0 amide bonds. The average Bonchev–Trinajstić information content (AvgIpc) is 2.79. The summed E-state index contributed by atoms with van der Waals surface area (Å²) in [6.07, 6.45) is -8.18. The van der Waals surface area contributed by atoms with Gasteiger partial charge in [-0.3, -0.25) is 4.79 Å². The molecule has 0 spiro atoms. The van der Waals surface area contributed by atoms with Gasteiger partial charge in [0.2, 0.25) is 12.0 Å². The van der Waals surface area contributed by atoms with E-state index in [2.05, 4.69) is 0 Å². The summed E-state index contributed by atoms with van der Waals surface area (Å²) in [5.41, 5.74) is 0.698. The van der Waals surface area contributed by atoms with Crippen LogP contribution in [-0.4, -0.2) is 75.7 Å². The molecule has 32 heavy (non-hydrogen) atoms. The fourth-order valence-corrected chi connectivity index (χ4v) is 3.86. The smallest absolute Gasteiger partial charge is 0.229 e. The number of hydrogen-bond donors (Lipinski definition) is 5. The summed E-state index contributed by atoms with van der Waals surface area (Å²) in [6.45, 7) is -0.631. The SMILES string of the molecule is COc1c(O[C@@H]2O[C@H](CO)[C@@H](O)[C@H](O)[C@H]2O)cc(O)c2c1O[C@@H](c1ccccc1)CC2=O. The number of phenolic OH excluding ortho intramolecular Hbond substituents is 1. The Morgan fingerprint density at radius 3 is 2.47 bits per heavy atom. The minimum absolute atomic E-state index is 0.0145. The number of aliphatic hydroxyl groups excluding tert-OH is 4. The number of phenols is 1. The lowest BCUT2D eigenvalue weighted by molar-refractivity contribution is -0.277. The van der Waals surface area contributed by atoms with Gasteiger partial charge >= 0.3 is 0 Å². The molecule has 2 aromatic carbocycles. The zero-order valence-corrected chi connectivity index (χ0v) is 17.1. The molecule has 10 nitrogen and oxygen atoms in total. The first kappa shape index (κ1) is 22.3. The van der Waals surface area contributed by atoms with Gasteiger partial charge in [0.15, 0.2) is 17.3 Å². The van der Waals surface area contributed by atoms with Gasteiger partial charge in [0.1, 0.15) is 41.8 Å². The maximum atomic E-state index is 12.8. The molecule has 6 atom stereocenters. The van der Waals surface area contributed by atoms with Crippen LogP contribution in [0.15, 0.2) is 36.4 Å².